The Kier molecular flexibility index (Phi) is 4.08. The van der Waals surface area contributed by atoms with Gasteiger partial charge in [-0.25, -0.2) is 4.68 Å². The van der Waals surface area contributed by atoms with E-state index in [0.717, 1.165) is 16.9 Å². The number of aryl methyl sites for hydroxylation is 2. The van der Waals surface area contributed by atoms with E-state index in [9.17, 15) is 4.79 Å². The average molecular weight is 320 g/mol. The van der Waals surface area contributed by atoms with Gasteiger partial charge in [-0.05, 0) is 43.7 Å². The van der Waals surface area contributed by atoms with Crippen molar-refractivity contribution in [2.24, 2.45) is 0 Å². The van der Waals surface area contributed by atoms with Gasteiger partial charge in [0, 0.05) is 18.8 Å². The van der Waals surface area contributed by atoms with Crippen molar-refractivity contribution in [2.45, 2.75) is 13.8 Å². The molecule has 1 aromatic heterocycles. The third kappa shape index (κ3) is 2.88. The molecule has 122 valence electrons. The summed E-state index contributed by atoms with van der Waals surface area (Å²) in [5.41, 5.74) is 9.78. The molecule has 0 saturated heterocycles. The van der Waals surface area contributed by atoms with Gasteiger partial charge < -0.3 is 5.73 Å². The fourth-order valence-electron chi connectivity index (χ4n) is 2.65. The first kappa shape index (κ1) is 15.8. The van der Waals surface area contributed by atoms with E-state index in [-0.39, 0.29) is 5.91 Å². The van der Waals surface area contributed by atoms with Crippen molar-refractivity contribution in [3.63, 3.8) is 0 Å². The Morgan fingerprint density at radius 2 is 1.83 bits per heavy atom. The van der Waals surface area contributed by atoms with Crippen LogP contribution < -0.4 is 10.6 Å². The predicted molar refractivity (Wildman–Crippen MR) is 96.6 cm³/mol. The quantitative estimate of drug-likeness (QED) is 0.753. The van der Waals surface area contributed by atoms with Crippen LogP contribution in [-0.2, 0) is 0 Å². The Bertz CT molecular complexity index is 898. The minimum atomic E-state index is -0.165. The number of rotatable bonds is 3. The smallest absolute Gasteiger partial charge is 0.261 e. The Morgan fingerprint density at radius 1 is 1.08 bits per heavy atom. The summed E-state index contributed by atoms with van der Waals surface area (Å²) < 4.78 is 1.78. The molecule has 0 aliphatic rings. The molecule has 0 unspecified atom stereocenters. The van der Waals surface area contributed by atoms with Crippen molar-refractivity contribution >= 4 is 17.4 Å². The number of carbonyl (C=O) groups is 1. The van der Waals surface area contributed by atoms with Crippen LogP contribution in [0.2, 0.25) is 0 Å². The van der Waals surface area contributed by atoms with E-state index in [1.54, 1.807) is 34.8 Å². The van der Waals surface area contributed by atoms with Crippen LogP contribution in [0.25, 0.3) is 5.69 Å². The minimum Gasteiger partial charge on any atom is -0.398 e. The lowest BCUT2D eigenvalue weighted by Crippen LogP contribution is -2.29. The van der Waals surface area contributed by atoms with Gasteiger partial charge in [0.1, 0.15) is 5.82 Å². The fourth-order valence-corrected chi connectivity index (χ4v) is 2.65. The number of nitrogen functional groups attached to an aromatic ring is 1. The van der Waals surface area contributed by atoms with Crippen LogP contribution in [0.5, 0.6) is 0 Å². The molecule has 0 fully saturated rings. The van der Waals surface area contributed by atoms with E-state index in [2.05, 4.69) is 5.10 Å². The second-order valence-electron chi connectivity index (χ2n) is 5.85. The number of hydrogen-bond donors (Lipinski definition) is 1. The van der Waals surface area contributed by atoms with Crippen molar-refractivity contribution < 1.29 is 4.79 Å². The maximum absolute atomic E-state index is 12.8. The SMILES string of the molecule is Cc1cccc(-n2nc(C)cc2N(C)C(=O)c2ccccc2N)c1. The zero-order chi connectivity index (χ0) is 17.3. The van der Waals surface area contributed by atoms with E-state index in [1.807, 2.05) is 50.2 Å². The Hall–Kier alpha value is -3.08. The monoisotopic (exact) mass is 320 g/mol. The molecule has 5 nitrogen and oxygen atoms in total. The Balaban J connectivity index is 2.04. The predicted octanol–water partition coefficient (Wildman–Crippen LogP) is 3.35. The molecular formula is C19H20N4O. The van der Waals surface area contributed by atoms with Gasteiger partial charge >= 0.3 is 0 Å². The second-order valence-corrected chi connectivity index (χ2v) is 5.85. The van der Waals surface area contributed by atoms with Gasteiger partial charge in [-0.3, -0.25) is 9.69 Å². The molecule has 2 aromatic carbocycles. The summed E-state index contributed by atoms with van der Waals surface area (Å²) in [4.78, 5) is 14.4. The number of aromatic nitrogens is 2. The summed E-state index contributed by atoms with van der Waals surface area (Å²) in [6, 6.07) is 17.0. The van der Waals surface area contributed by atoms with Gasteiger partial charge in [-0.15, -0.1) is 0 Å². The maximum atomic E-state index is 12.8. The number of para-hydroxylation sites is 1. The highest BCUT2D eigenvalue weighted by Crippen LogP contribution is 2.23. The van der Waals surface area contributed by atoms with E-state index >= 15 is 0 Å². The fraction of sp³-hybridized carbons (Fsp3) is 0.158. The molecule has 0 aliphatic heterocycles. The molecule has 0 spiro atoms. The zero-order valence-electron chi connectivity index (χ0n) is 14.0. The molecule has 0 bridgehead atoms. The molecule has 1 heterocycles. The van der Waals surface area contributed by atoms with E-state index in [4.69, 9.17) is 5.73 Å². The molecule has 5 heteroatoms. The number of anilines is 2. The average Bonchev–Trinajstić information content (AvgIpc) is 2.96. The van der Waals surface area contributed by atoms with Crippen LogP contribution in [-0.4, -0.2) is 22.7 Å². The second kappa shape index (κ2) is 6.20. The normalized spacial score (nSPS) is 10.6. The van der Waals surface area contributed by atoms with Crippen LogP contribution >= 0.6 is 0 Å². The Labute approximate surface area is 141 Å². The van der Waals surface area contributed by atoms with E-state index in [1.165, 1.54) is 0 Å². The van der Waals surface area contributed by atoms with E-state index < -0.39 is 0 Å². The van der Waals surface area contributed by atoms with Crippen LogP contribution in [0.1, 0.15) is 21.6 Å². The molecule has 3 rings (SSSR count). The summed E-state index contributed by atoms with van der Waals surface area (Å²) in [6.07, 6.45) is 0. The molecule has 3 aromatic rings. The van der Waals surface area contributed by atoms with Crippen LogP contribution in [0.4, 0.5) is 11.5 Å². The Morgan fingerprint density at radius 3 is 2.54 bits per heavy atom. The maximum Gasteiger partial charge on any atom is 0.261 e. The van der Waals surface area contributed by atoms with Crippen LogP contribution in [0.3, 0.4) is 0 Å². The topological polar surface area (TPSA) is 64.2 Å². The number of nitrogens with two attached hydrogens (primary N) is 1. The highest BCUT2D eigenvalue weighted by atomic mass is 16.2. The van der Waals surface area contributed by atoms with Gasteiger partial charge in [0.05, 0.1) is 16.9 Å². The number of carbonyl (C=O) groups excluding carboxylic acids is 1. The van der Waals surface area contributed by atoms with Crippen molar-refractivity contribution in [3.05, 3.63) is 71.4 Å². The standard InChI is InChI=1S/C19H20N4O/c1-13-7-6-8-15(11-13)23-18(12-14(2)21-23)22(3)19(24)16-9-4-5-10-17(16)20/h4-12H,20H2,1-3H3. The number of amides is 1. The summed E-state index contributed by atoms with van der Waals surface area (Å²) in [7, 11) is 1.73. The van der Waals surface area contributed by atoms with Gasteiger partial charge in [0.2, 0.25) is 0 Å². The van der Waals surface area contributed by atoms with Crippen molar-refractivity contribution in [2.75, 3.05) is 17.7 Å². The highest BCUT2D eigenvalue weighted by Gasteiger charge is 2.20. The van der Waals surface area contributed by atoms with Crippen LogP contribution in [0.15, 0.2) is 54.6 Å². The first-order valence-electron chi connectivity index (χ1n) is 7.73. The molecule has 24 heavy (non-hydrogen) atoms. The molecule has 0 aliphatic carbocycles. The number of benzene rings is 2. The van der Waals surface area contributed by atoms with Crippen LogP contribution in [0, 0.1) is 13.8 Å². The summed E-state index contributed by atoms with van der Waals surface area (Å²) in [6.45, 7) is 3.93. The van der Waals surface area contributed by atoms with E-state index in [0.29, 0.717) is 17.1 Å². The van der Waals surface area contributed by atoms with Crippen molar-refractivity contribution in [3.8, 4) is 5.69 Å². The third-order valence-corrected chi connectivity index (χ3v) is 3.90. The number of nitrogens with zero attached hydrogens (tertiary/aromatic N) is 3. The first-order valence-corrected chi connectivity index (χ1v) is 7.73. The minimum absolute atomic E-state index is 0.165. The van der Waals surface area contributed by atoms with Gasteiger partial charge in [0.15, 0.2) is 0 Å². The highest BCUT2D eigenvalue weighted by molar-refractivity contribution is 6.08. The lowest BCUT2D eigenvalue weighted by molar-refractivity contribution is 0.0992. The van der Waals surface area contributed by atoms with Gasteiger partial charge in [0.25, 0.3) is 5.91 Å². The number of hydrogen-bond acceptors (Lipinski definition) is 3. The summed E-state index contributed by atoms with van der Waals surface area (Å²) in [5, 5.41) is 4.53. The van der Waals surface area contributed by atoms with Crippen molar-refractivity contribution in [1.82, 2.24) is 9.78 Å². The van der Waals surface area contributed by atoms with Gasteiger partial charge in [-0.1, -0.05) is 24.3 Å². The molecule has 0 atom stereocenters. The zero-order valence-corrected chi connectivity index (χ0v) is 14.0. The summed E-state index contributed by atoms with van der Waals surface area (Å²) >= 11 is 0. The van der Waals surface area contributed by atoms with Crippen molar-refractivity contribution in [1.29, 1.82) is 0 Å². The molecule has 0 radical (unpaired) electrons. The molecule has 1 amide bonds. The third-order valence-electron chi connectivity index (χ3n) is 3.90. The molecular weight excluding hydrogens is 300 g/mol. The first-order chi connectivity index (χ1) is 11.5. The largest absolute Gasteiger partial charge is 0.398 e. The summed E-state index contributed by atoms with van der Waals surface area (Å²) in [5.74, 6) is 0.535. The molecule has 0 saturated carbocycles. The molecule has 2 N–H and O–H groups in total. The van der Waals surface area contributed by atoms with Gasteiger partial charge in [-0.2, -0.15) is 5.10 Å². The lowest BCUT2D eigenvalue weighted by atomic mass is 10.1. The lowest BCUT2D eigenvalue weighted by Gasteiger charge is -2.19.